The van der Waals surface area contributed by atoms with Crippen molar-refractivity contribution >= 4 is 11.7 Å². The third-order valence-corrected chi connectivity index (χ3v) is 2.61. The molecule has 18 heavy (non-hydrogen) atoms. The second-order valence-electron chi connectivity index (χ2n) is 3.95. The molecule has 0 aliphatic carbocycles. The van der Waals surface area contributed by atoms with Crippen molar-refractivity contribution in [3.63, 3.8) is 0 Å². The van der Waals surface area contributed by atoms with E-state index in [1.165, 1.54) is 17.2 Å². The van der Waals surface area contributed by atoms with Gasteiger partial charge in [0.2, 0.25) is 0 Å². The van der Waals surface area contributed by atoms with Crippen LogP contribution in [0.4, 0.5) is 10.2 Å². The number of H-pyrrole nitrogens is 1. The summed E-state index contributed by atoms with van der Waals surface area (Å²) in [7, 11) is 1.58. The maximum Gasteiger partial charge on any atom is 0.259 e. The van der Waals surface area contributed by atoms with Crippen LogP contribution in [0, 0.1) is 5.82 Å². The van der Waals surface area contributed by atoms with Crippen molar-refractivity contribution < 1.29 is 9.18 Å². The topological polar surface area (TPSA) is 75.0 Å². The van der Waals surface area contributed by atoms with Crippen LogP contribution in [0.3, 0.4) is 0 Å². The first-order valence-corrected chi connectivity index (χ1v) is 5.37. The van der Waals surface area contributed by atoms with Crippen molar-refractivity contribution in [2.45, 2.75) is 6.54 Å². The van der Waals surface area contributed by atoms with Crippen LogP contribution in [0.2, 0.25) is 0 Å². The van der Waals surface area contributed by atoms with Gasteiger partial charge in [-0.25, -0.2) is 4.39 Å². The Balaban J connectivity index is 2.14. The maximum absolute atomic E-state index is 13.5. The molecule has 5 nitrogen and oxygen atoms in total. The molecule has 0 bridgehead atoms. The van der Waals surface area contributed by atoms with Crippen LogP contribution in [0.25, 0.3) is 0 Å². The fourth-order valence-corrected chi connectivity index (χ4v) is 1.63. The SMILES string of the molecule is CN(Cc1ccccc1F)C(=O)c1cn[nH]c1N. The molecule has 0 saturated carbocycles. The van der Waals surface area contributed by atoms with Crippen molar-refractivity contribution in [2.75, 3.05) is 12.8 Å². The van der Waals surface area contributed by atoms with Crippen LogP contribution in [-0.2, 0) is 6.54 Å². The van der Waals surface area contributed by atoms with E-state index in [0.29, 0.717) is 5.56 Å². The number of nitrogen functional groups attached to an aromatic ring is 1. The van der Waals surface area contributed by atoms with E-state index >= 15 is 0 Å². The van der Waals surface area contributed by atoms with Gasteiger partial charge in [-0.3, -0.25) is 9.89 Å². The third-order valence-electron chi connectivity index (χ3n) is 2.61. The van der Waals surface area contributed by atoms with Crippen LogP contribution in [0.5, 0.6) is 0 Å². The number of nitrogens with zero attached hydrogens (tertiary/aromatic N) is 2. The average Bonchev–Trinajstić information content (AvgIpc) is 2.77. The largest absolute Gasteiger partial charge is 0.383 e. The second kappa shape index (κ2) is 4.87. The first-order valence-electron chi connectivity index (χ1n) is 5.37. The van der Waals surface area contributed by atoms with Gasteiger partial charge in [-0.15, -0.1) is 0 Å². The molecule has 0 fully saturated rings. The third kappa shape index (κ3) is 2.32. The molecule has 0 saturated heterocycles. The molecule has 0 unspecified atom stereocenters. The van der Waals surface area contributed by atoms with Crippen molar-refractivity contribution in [3.8, 4) is 0 Å². The van der Waals surface area contributed by atoms with Crippen LogP contribution >= 0.6 is 0 Å². The average molecular weight is 248 g/mol. The Bertz CT molecular complexity index is 567. The lowest BCUT2D eigenvalue weighted by molar-refractivity contribution is 0.0785. The predicted octanol–water partition coefficient (Wildman–Crippen LogP) is 1.40. The van der Waals surface area contributed by atoms with Crippen molar-refractivity contribution in [3.05, 3.63) is 47.4 Å². The minimum atomic E-state index is -0.336. The van der Waals surface area contributed by atoms with Gasteiger partial charge in [0.05, 0.1) is 6.20 Å². The molecule has 0 aliphatic rings. The summed E-state index contributed by atoms with van der Waals surface area (Å²) >= 11 is 0. The highest BCUT2D eigenvalue weighted by Crippen LogP contribution is 2.13. The van der Waals surface area contributed by atoms with Gasteiger partial charge < -0.3 is 10.6 Å². The number of benzene rings is 1. The molecular formula is C12H13FN4O. The molecule has 0 radical (unpaired) electrons. The number of rotatable bonds is 3. The van der Waals surface area contributed by atoms with Crippen molar-refractivity contribution in [1.29, 1.82) is 0 Å². The van der Waals surface area contributed by atoms with Gasteiger partial charge in [0, 0.05) is 19.2 Å². The molecule has 1 aromatic carbocycles. The molecule has 0 aliphatic heterocycles. The Morgan fingerprint density at radius 3 is 2.83 bits per heavy atom. The Hall–Kier alpha value is -2.37. The minimum Gasteiger partial charge on any atom is -0.383 e. The molecule has 2 aromatic rings. The van der Waals surface area contributed by atoms with Crippen molar-refractivity contribution in [1.82, 2.24) is 15.1 Å². The van der Waals surface area contributed by atoms with Crippen LogP contribution in [-0.4, -0.2) is 28.1 Å². The fraction of sp³-hybridized carbons (Fsp3) is 0.167. The molecule has 1 aromatic heterocycles. The van der Waals surface area contributed by atoms with Gasteiger partial charge in [-0.1, -0.05) is 18.2 Å². The summed E-state index contributed by atoms with van der Waals surface area (Å²) < 4.78 is 13.5. The highest BCUT2D eigenvalue weighted by molar-refractivity contribution is 5.97. The summed E-state index contributed by atoms with van der Waals surface area (Å²) in [5.41, 5.74) is 6.30. The number of hydrogen-bond acceptors (Lipinski definition) is 3. The molecule has 94 valence electrons. The van der Waals surface area contributed by atoms with Gasteiger partial charge in [0.15, 0.2) is 0 Å². The zero-order chi connectivity index (χ0) is 13.1. The van der Waals surface area contributed by atoms with Crippen LogP contribution in [0.15, 0.2) is 30.5 Å². The Morgan fingerprint density at radius 1 is 1.50 bits per heavy atom. The number of carbonyl (C=O) groups is 1. The van der Waals surface area contributed by atoms with Gasteiger partial charge >= 0.3 is 0 Å². The Labute approximate surface area is 103 Å². The van der Waals surface area contributed by atoms with Gasteiger partial charge in [-0.2, -0.15) is 5.10 Å². The number of hydrogen-bond donors (Lipinski definition) is 2. The predicted molar refractivity (Wildman–Crippen MR) is 65.2 cm³/mol. The van der Waals surface area contributed by atoms with Crippen LogP contribution in [0.1, 0.15) is 15.9 Å². The van der Waals surface area contributed by atoms with E-state index in [2.05, 4.69) is 10.2 Å². The van der Waals surface area contributed by atoms with Crippen molar-refractivity contribution in [2.24, 2.45) is 0 Å². The molecule has 1 heterocycles. The van der Waals surface area contributed by atoms with Gasteiger partial charge in [-0.05, 0) is 6.07 Å². The number of aromatic nitrogens is 2. The van der Waals surface area contributed by atoms with E-state index < -0.39 is 0 Å². The van der Waals surface area contributed by atoms with Gasteiger partial charge in [0.1, 0.15) is 17.2 Å². The summed E-state index contributed by atoms with van der Waals surface area (Å²) in [4.78, 5) is 13.4. The quantitative estimate of drug-likeness (QED) is 0.862. The number of halogens is 1. The number of nitrogens with one attached hydrogen (secondary N) is 1. The standard InChI is InChI=1S/C12H13FN4O/c1-17(7-8-4-2-3-5-10(8)13)12(18)9-6-15-16-11(9)14/h2-6H,7H2,1H3,(H3,14,15,16). The summed E-state index contributed by atoms with van der Waals surface area (Å²) in [6.07, 6.45) is 1.36. The zero-order valence-corrected chi connectivity index (χ0v) is 9.85. The smallest absolute Gasteiger partial charge is 0.259 e. The number of carbonyl (C=O) groups excluding carboxylic acids is 1. The van der Waals surface area contributed by atoms with E-state index in [0.717, 1.165) is 0 Å². The highest BCUT2D eigenvalue weighted by atomic mass is 19.1. The molecule has 2 rings (SSSR count). The van der Waals surface area contributed by atoms with Gasteiger partial charge in [0.25, 0.3) is 5.91 Å². The fourth-order valence-electron chi connectivity index (χ4n) is 1.63. The summed E-state index contributed by atoms with van der Waals surface area (Å²) in [6.45, 7) is 0.177. The Morgan fingerprint density at radius 2 is 2.22 bits per heavy atom. The molecule has 6 heteroatoms. The number of aromatic amines is 1. The first kappa shape index (κ1) is 12.1. The lowest BCUT2D eigenvalue weighted by atomic mass is 10.2. The lowest BCUT2D eigenvalue weighted by Gasteiger charge is -2.17. The normalized spacial score (nSPS) is 10.3. The Kier molecular flexibility index (Phi) is 3.27. The lowest BCUT2D eigenvalue weighted by Crippen LogP contribution is -2.27. The van der Waals surface area contributed by atoms with E-state index in [4.69, 9.17) is 5.73 Å². The van der Waals surface area contributed by atoms with E-state index in [9.17, 15) is 9.18 Å². The summed E-state index contributed by atoms with van der Waals surface area (Å²) in [5, 5.41) is 6.16. The molecule has 1 amide bonds. The summed E-state index contributed by atoms with van der Waals surface area (Å²) in [6, 6.07) is 6.33. The van der Waals surface area contributed by atoms with E-state index in [1.807, 2.05) is 0 Å². The number of amides is 1. The molecule has 3 N–H and O–H groups in total. The number of nitrogens with two attached hydrogens (primary N) is 1. The molecule has 0 spiro atoms. The maximum atomic E-state index is 13.5. The minimum absolute atomic E-state index is 0.177. The summed E-state index contributed by atoms with van der Waals surface area (Å²) in [5.74, 6) is -0.429. The zero-order valence-electron chi connectivity index (χ0n) is 9.85. The first-order chi connectivity index (χ1) is 8.59. The van der Waals surface area contributed by atoms with E-state index in [1.54, 1.807) is 25.2 Å². The number of anilines is 1. The van der Waals surface area contributed by atoms with E-state index in [-0.39, 0.29) is 29.7 Å². The monoisotopic (exact) mass is 248 g/mol. The second-order valence-corrected chi connectivity index (χ2v) is 3.95. The highest BCUT2D eigenvalue weighted by Gasteiger charge is 2.17. The molecular weight excluding hydrogens is 235 g/mol. The molecule has 0 atom stereocenters. The van der Waals surface area contributed by atoms with Crippen LogP contribution < -0.4 is 5.73 Å².